The minimum atomic E-state index is -0.690. The maximum atomic E-state index is 11.7. The van der Waals surface area contributed by atoms with Crippen LogP contribution in [0.3, 0.4) is 0 Å². The van der Waals surface area contributed by atoms with Crippen LogP contribution in [0.15, 0.2) is 36.5 Å². The molecule has 0 fully saturated rings. The number of fused-ring (bicyclic) bond motifs is 1. The number of aromatic nitrogens is 1. The second kappa shape index (κ2) is 7.06. The van der Waals surface area contributed by atoms with Crippen LogP contribution in [0.4, 0.5) is 0 Å². The number of aryl methyl sites for hydroxylation is 1. The Labute approximate surface area is 123 Å². The number of benzene rings is 1. The van der Waals surface area contributed by atoms with Crippen molar-refractivity contribution >= 4 is 22.9 Å². The molecule has 1 aromatic heterocycles. The molecule has 0 aliphatic rings. The van der Waals surface area contributed by atoms with E-state index in [-0.39, 0.29) is 19.1 Å². The maximum Gasteiger partial charge on any atom is 0.244 e. The van der Waals surface area contributed by atoms with Crippen LogP contribution in [0.1, 0.15) is 5.56 Å². The number of nitrogens with one attached hydrogen (secondary N) is 1. The van der Waals surface area contributed by atoms with Gasteiger partial charge >= 0.3 is 0 Å². The van der Waals surface area contributed by atoms with Crippen LogP contribution in [0.2, 0.25) is 0 Å². The Bertz CT molecular complexity index is 646. The first-order valence-electron chi connectivity index (χ1n) is 6.79. The molecular formula is C16H20N2O3. The van der Waals surface area contributed by atoms with E-state index < -0.39 is 6.10 Å². The number of carbonyl (C=O) groups excluding carboxylic acids is 1. The molecule has 1 unspecified atom stereocenters. The van der Waals surface area contributed by atoms with Gasteiger partial charge in [0, 0.05) is 49.4 Å². The molecule has 2 rings (SSSR count). The van der Waals surface area contributed by atoms with Crippen molar-refractivity contribution in [1.29, 1.82) is 0 Å². The molecule has 5 nitrogen and oxygen atoms in total. The molecule has 0 bridgehead atoms. The van der Waals surface area contributed by atoms with Gasteiger partial charge in [-0.1, -0.05) is 18.2 Å². The summed E-state index contributed by atoms with van der Waals surface area (Å²) in [5, 5.41) is 13.2. The SMILES string of the molecule is COCC(O)CNC(=O)/C=C/c1cn(C)c2ccccc12. The molecule has 2 N–H and O–H groups in total. The van der Waals surface area contributed by atoms with Crippen LogP contribution < -0.4 is 5.32 Å². The first kappa shape index (κ1) is 15.3. The van der Waals surface area contributed by atoms with Crippen molar-refractivity contribution in [3.8, 4) is 0 Å². The van der Waals surface area contributed by atoms with E-state index in [9.17, 15) is 9.90 Å². The second-order valence-electron chi connectivity index (χ2n) is 4.90. The normalized spacial score (nSPS) is 12.9. The van der Waals surface area contributed by atoms with Gasteiger partial charge in [-0.05, 0) is 12.1 Å². The molecule has 2 aromatic rings. The van der Waals surface area contributed by atoms with E-state index in [4.69, 9.17) is 4.74 Å². The minimum Gasteiger partial charge on any atom is -0.389 e. The largest absolute Gasteiger partial charge is 0.389 e. The molecule has 21 heavy (non-hydrogen) atoms. The van der Waals surface area contributed by atoms with Gasteiger partial charge in [-0.3, -0.25) is 4.79 Å². The Hall–Kier alpha value is -2.11. The third-order valence-corrected chi connectivity index (χ3v) is 3.21. The zero-order valence-electron chi connectivity index (χ0n) is 12.2. The van der Waals surface area contributed by atoms with Gasteiger partial charge in [0.1, 0.15) is 0 Å². The Morgan fingerprint density at radius 3 is 3.00 bits per heavy atom. The van der Waals surface area contributed by atoms with Crippen LogP contribution in [0.5, 0.6) is 0 Å². The molecule has 112 valence electrons. The summed E-state index contributed by atoms with van der Waals surface area (Å²) in [6.45, 7) is 0.375. The van der Waals surface area contributed by atoms with E-state index in [1.54, 1.807) is 6.08 Å². The third-order valence-electron chi connectivity index (χ3n) is 3.21. The Morgan fingerprint density at radius 1 is 1.48 bits per heavy atom. The second-order valence-corrected chi connectivity index (χ2v) is 4.90. The number of methoxy groups -OCH3 is 1. The Balaban J connectivity index is 2.01. The number of hydrogen-bond donors (Lipinski definition) is 2. The van der Waals surface area contributed by atoms with Gasteiger partial charge in [0.15, 0.2) is 0 Å². The van der Waals surface area contributed by atoms with Crippen LogP contribution in [-0.2, 0) is 16.6 Å². The average molecular weight is 288 g/mol. The topological polar surface area (TPSA) is 63.5 Å². The number of aliphatic hydroxyl groups excluding tert-OH is 1. The van der Waals surface area contributed by atoms with Crippen molar-refractivity contribution in [2.24, 2.45) is 7.05 Å². The summed E-state index contributed by atoms with van der Waals surface area (Å²) in [6, 6.07) is 8.02. The molecule has 0 saturated carbocycles. The summed E-state index contributed by atoms with van der Waals surface area (Å²) in [5.41, 5.74) is 2.11. The van der Waals surface area contributed by atoms with Crippen molar-refractivity contribution in [2.45, 2.75) is 6.10 Å². The van der Waals surface area contributed by atoms with Gasteiger partial charge in [-0.15, -0.1) is 0 Å². The molecule has 1 heterocycles. The summed E-state index contributed by atoms with van der Waals surface area (Å²) in [5.74, 6) is -0.238. The Morgan fingerprint density at radius 2 is 2.24 bits per heavy atom. The molecule has 0 aliphatic heterocycles. The highest BCUT2D eigenvalue weighted by Gasteiger charge is 2.06. The molecule has 0 spiro atoms. The van der Waals surface area contributed by atoms with E-state index in [1.807, 2.05) is 42.1 Å². The Kier molecular flexibility index (Phi) is 5.14. The molecule has 5 heteroatoms. The highest BCUT2D eigenvalue weighted by molar-refractivity contribution is 5.96. The van der Waals surface area contributed by atoms with Crippen molar-refractivity contribution < 1.29 is 14.6 Å². The lowest BCUT2D eigenvalue weighted by atomic mass is 10.1. The number of para-hydroxylation sites is 1. The highest BCUT2D eigenvalue weighted by atomic mass is 16.5. The minimum absolute atomic E-state index is 0.173. The lowest BCUT2D eigenvalue weighted by Gasteiger charge is -2.08. The number of aliphatic hydroxyl groups is 1. The van der Waals surface area contributed by atoms with Crippen molar-refractivity contribution in [3.05, 3.63) is 42.1 Å². The summed E-state index contributed by atoms with van der Waals surface area (Å²) >= 11 is 0. The molecule has 0 saturated heterocycles. The molecule has 1 atom stereocenters. The van der Waals surface area contributed by atoms with Crippen LogP contribution in [0.25, 0.3) is 17.0 Å². The summed E-state index contributed by atoms with van der Waals surface area (Å²) in [4.78, 5) is 11.7. The van der Waals surface area contributed by atoms with E-state index in [0.29, 0.717) is 0 Å². The first-order chi connectivity index (χ1) is 10.1. The third kappa shape index (κ3) is 3.93. The number of amides is 1. The zero-order chi connectivity index (χ0) is 15.2. The monoisotopic (exact) mass is 288 g/mol. The van der Waals surface area contributed by atoms with Crippen molar-refractivity contribution in [2.75, 3.05) is 20.3 Å². The van der Waals surface area contributed by atoms with E-state index in [1.165, 1.54) is 13.2 Å². The molecule has 0 aliphatic carbocycles. The van der Waals surface area contributed by atoms with Gasteiger partial charge in [-0.25, -0.2) is 0 Å². The van der Waals surface area contributed by atoms with Gasteiger partial charge < -0.3 is 19.7 Å². The smallest absolute Gasteiger partial charge is 0.244 e. The van der Waals surface area contributed by atoms with Gasteiger partial charge in [0.2, 0.25) is 5.91 Å². The van der Waals surface area contributed by atoms with Crippen LogP contribution >= 0.6 is 0 Å². The van der Waals surface area contributed by atoms with Gasteiger partial charge in [0.25, 0.3) is 0 Å². The number of ether oxygens (including phenoxy) is 1. The van der Waals surface area contributed by atoms with E-state index in [0.717, 1.165) is 16.5 Å². The fraction of sp³-hybridized carbons (Fsp3) is 0.312. The van der Waals surface area contributed by atoms with E-state index in [2.05, 4.69) is 5.32 Å². The van der Waals surface area contributed by atoms with Crippen LogP contribution in [-0.4, -0.2) is 41.9 Å². The highest BCUT2D eigenvalue weighted by Crippen LogP contribution is 2.21. The molecular weight excluding hydrogens is 268 g/mol. The number of nitrogens with zero attached hydrogens (tertiary/aromatic N) is 1. The van der Waals surface area contributed by atoms with Crippen molar-refractivity contribution in [1.82, 2.24) is 9.88 Å². The van der Waals surface area contributed by atoms with Crippen LogP contribution in [0, 0.1) is 0 Å². The first-order valence-corrected chi connectivity index (χ1v) is 6.79. The number of hydrogen-bond acceptors (Lipinski definition) is 3. The maximum absolute atomic E-state index is 11.7. The molecule has 1 aromatic carbocycles. The fourth-order valence-electron chi connectivity index (χ4n) is 2.20. The fourth-order valence-corrected chi connectivity index (χ4v) is 2.20. The van der Waals surface area contributed by atoms with Gasteiger partial charge in [-0.2, -0.15) is 0 Å². The van der Waals surface area contributed by atoms with E-state index >= 15 is 0 Å². The molecule has 0 radical (unpaired) electrons. The lowest BCUT2D eigenvalue weighted by Crippen LogP contribution is -2.33. The predicted octanol–water partition coefficient (Wildman–Crippen LogP) is 1.31. The lowest BCUT2D eigenvalue weighted by molar-refractivity contribution is -0.117. The quantitative estimate of drug-likeness (QED) is 0.788. The van der Waals surface area contributed by atoms with Crippen molar-refractivity contribution in [3.63, 3.8) is 0 Å². The zero-order valence-corrected chi connectivity index (χ0v) is 12.2. The standard InChI is InChI=1S/C16H20N2O3/c1-18-10-12(14-5-3-4-6-15(14)18)7-8-16(20)17-9-13(19)11-21-2/h3-8,10,13,19H,9,11H2,1-2H3,(H,17,20)/b8-7+. The summed E-state index contributed by atoms with van der Waals surface area (Å²) in [7, 11) is 3.48. The number of rotatable bonds is 6. The van der Waals surface area contributed by atoms with Gasteiger partial charge in [0.05, 0.1) is 12.7 Å². The average Bonchev–Trinajstić information content (AvgIpc) is 2.80. The number of carbonyl (C=O) groups is 1. The predicted molar refractivity (Wildman–Crippen MR) is 82.8 cm³/mol. The summed E-state index contributed by atoms with van der Waals surface area (Å²) < 4.78 is 6.82. The molecule has 1 amide bonds. The summed E-state index contributed by atoms with van der Waals surface area (Å²) in [6.07, 6.45) is 4.54.